The van der Waals surface area contributed by atoms with Gasteiger partial charge in [-0.1, -0.05) is 85.5 Å². The Morgan fingerprint density at radius 1 is 0.947 bits per heavy atom. The van der Waals surface area contributed by atoms with Crippen LogP contribution in [-0.2, 0) is 22.6 Å². The first kappa shape index (κ1) is 27.9. The van der Waals surface area contributed by atoms with Gasteiger partial charge in [0, 0.05) is 41.6 Å². The maximum atomic E-state index is 14.7. The molecule has 1 N–H and O–H groups in total. The standard InChI is InChI=1S/C32H37FN2O2S/c1-24-16-18-28(19-17-24)38-21-20-31(36)35(23-26-12-8-9-15-29(26)33)30(22-25-10-4-2-5-11-25)32(37)34-27-13-6-3-7-14-27/h2,4-5,8-12,15-19,27,30H,3,6-7,13-14,20-23H2,1H3,(H,34,37)/t30-/m1/s1. The maximum Gasteiger partial charge on any atom is 0.243 e. The van der Waals surface area contributed by atoms with Gasteiger partial charge >= 0.3 is 0 Å². The summed E-state index contributed by atoms with van der Waals surface area (Å²) in [5.41, 5.74) is 2.57. The third-order valence-electron chi connectivity index (χ3n) is 7.13. The Hall–Kier alpha value is -3.12. The van der Waals surface area contributed by atoms with E-state index in [2.05, 4.69) is 29.6 Å². The van der Waals surface area contributed by atoms with E-state index in [1.807, 2.05) is 37.3 Å². The van der Waals surface area contributed by atoms with Gasteiger partial charge in [-0.05, 0) is 43.5 Å². The number of nitrogens with zero attached hydrogens (tertiary/aromatic N) is 1. The molecular weight excluding hydrogens is 495 g/mol. The number of carbonyl (C=O) groups is 2. The van der Waals surface area contributed by atoms with Gasteiger partial charge in [0.15, 0.2) is 0 Å². The predicted molar refractivity (Wildman–Crippen MR) is 152 cm³/mol. The van der Waals surface area contributed by atoms with Crippen molar-refractivity contribution in [3.63, 3.8) is 0 Å². The van der Waals surface area contributed by atoms with E-state index >= 15 is 0 Å². The monoisotopic (exact) mass is 532 g/mol. The lowest BCUT2D eigenvalue weighted by molar-refractivity contribution is -0.141. The van der Waals surface area contributed by atoms with Crippen molar-refractivity contribution in [2.75, 3.05) is 5.75 Å². The van der Waals surface area contributed by atoms with E-state index in [-0.39, 0.29) is 36.6 Å². The van der Waals surface area contributed by atoms with E-state index in [0.717, 1.165) is 36.1 Å². The van der Waals surface area contributed by atoms with Crippen LogP contribution in [0.15, 0.2) is 83.8 Å². The largest absolute Gasteiger partial charge is 0.352 e. The van der Waals surface area contributed by atoms with Crippen LogP contribution in [0, 0.1) is 12.7 Å². The summed E-state index contributed by atoms with van der Waals surface area (Å²) in [4.78, 5) is 30.2. The van der Waals surface area contributed by atoms with Crippen LogP contribution < -0.4 is 5.32 Å². The van der Waals surface area contributed by atoms with Gasteiger partial charge in [-0.2, -0.15) is 0 Å². The van der Waals surface area contributed by atoms with E-state index in [4.69, 9.17) is 0 Å². The number of hydrogen-bond acceptors (Lipinski definition) is 3. The van der Waals surface area contributed by atoms with E-state index in [0.29, 0.717) is 17.7 Å². The molecule has 0 radical (unpaired) electrons. The number of thioether (sulfide) groups is 1. The fourth-order valence-corrected chi connectivity index (χ4v) is 5.78. The van der Waals surface area contributed by atoms with Gasteiger partial charge in [-0.25, -0.2) is 4.39 Å². The van der Waals surface area contributed by atoms with Crippen LogP contribution in [0.2, 0.25) is 0 Å². The molecule has 3 aromatic rings. The number of hydrogen-bond donors (Lipinski definition) is 1. The van der Waals surface area contributed by atoms with E-state index < -0.39 is 6.04 Å². The fraction of sp³-hybridized carbons (Fsp3) is 0.375. The average Bonchev–Trinajstić information content (AvgIpc) is 2.93. The fourth-order valence-electron chi connectivity index (χ4n) is 4.94. The molecule has 1 saturated carbocycles. The molecule has 1 aliphatic carbocycles. The van der Waals surface area contributed by atoms with E-state index in [9.17, 15) is 14.0 Å². The molecule has 0 aromatic heterocycles. The maximum absolute atomic E-state index is 14.7. The first-order valence-corrected chi connectivity index (χ1v) is 14.5. The van der Waals surface area contributed by atoms with Gasteiger partial charge in [-0.15, -0.1) is 11.8 Å². The second-order valence-electron chi connectivity index (χ2n) is 10.1. The Kier molecular flexibility index (Phi) is 10.4. The Morgan fingerprint density at radius 2 is 1.63 bits per heavy atom. The Labute approximate surface area is 230 Å². The third kappa shape index (κ3) is 8.19. The van der Waals surface area contributed by atoms with Crippen molar-refractivity contribution in [3.8, 4) is 0 Å². The lowest BCUT2D eigenvalue weighted by atomic mass is 9.94. The van der Waals surface area contributed by atoms with Gasteiger partial charge < -0.3 is 10.2 Å². The lowest BCUT2D eigenvalue weighted by Crippen LogP contribution is -2.53. The van der Waals surface area contributed by atoms with Crippen LogP contribution in [0.3, 0.4) is 0 Å². The zero-order valence-electron chi connectivity index (χ0n) is 22.1. The molecule has 0 spiro atoms. The molecule has 0 saturated heterocycles. The molecule has 4 rings (SSSR count). The minimum atomic E-state index is -0.726. The lowest BCUT2D eigenvalue weighted by Gasteiger charge is -2.33. The van der Waals surface area contributed by atoms with Crippen LogP contribution in [-0.4, -0.2) is 34.6 Å². The summed E-state index contributed by atoms with van der Waals surface area (Å²) in [7, 11) is 0. The van der Waals surface area contributed by atoms with Crippen molar-refractivity contribution >= 4 is 23.6 Å². The van der Waals surface area contributed by atoms with Crippen molar-refractivity contribution in [1.29, 1.82) is 0 Å². The molecule has 200 valence electrons. The molecule has 0 heterocycles. The highest BCUT2D eigenvalue weighted by Gasteiger charge is 2.32. The van der Waals surface area contributed by atoms with Gasteiger partial charge in [0.1, 0.15) is 11.9 Å². The molecule has 0 aliphatic heterocycles. The number of halogens is 1. The Morgan fingerprint density at radius 3 is 2.34 bits per heavy atom. The quantitative estimate of drug-likeness (QED) is 0.279. The molecular formula is C32H37FN2O2S. The van der Waals surface area contributed by atoms with Crippen molar-refractivity contribution in [1.82, 2.24) is 10.2 Å². The molecule has 4 nitrogen and oxygen atoms in total. The summed E-state index contributed by atoms with van der Waals surface area (Å²) in [5, 5.41) is 3.23. The number of nitrogens with one attached hydrogen (secondary N) is 1. The van der Waals surface area contributed by atoms with E-state index in [1.165, 1.54) is 18.1 Å². The molecule has 6 heteroatoms. The zero-order chi connectivity index (χ0) is 26.7. The molecule has 1 fully saturated rings. The molecule has 0 bridgehead atoms. The smallest absolute Gasteiger partial charge is 0.243 e. The summed E-state index contributed by atoms with van der Waals surface area (Å²) >= 11 is 1.61. The van der Waals surface area contributed by atoms with Crippen molar-refractivity contribution in [2.24, 2.45) is 0 Å². The third-order valence-corrected chi connectivity index (χ3v) is 8.14. The van der Waals surface area contributed by atoms with Gasteiger partial charge in [-0.3, -0.25) is 9.59 Å². The van der Waals surface area contributed by atoms with Crippen LogP contribution >= 0.6 is 11.8 Å². The van der Waals surface area contributed by atoms with Gasteiger partial charge in [0.05, 0.1) is 0 Å². The normalized spacial score (nSPS) is 14.6. The minimum Gasteiger partial charge on any atom is -0.352 e. The zero-order valence-corrected chi connectivity index (χ0v) is 22.9. The van der Waals surface area contributed by atoms with Gasteiger partial charge in [0.25, 0.3) is 0 Å². The first-order valence-electron chi connectivity index (χ1n) is 13.6. The molecule has 0 unspecified atom stereocenters. The molecule has 1 aliphatic rings. The molecule has 2 amide bonds. The average molecular weight is 533 g/mol. The summed E-state index contributed by atoms with van der Waals surface area (Å²) in [6.45, 7) is 2.10. The molecule has 38 heavy (non-hydrogen) atoms. The highest BCUT2D eigenvalue weighted by atomic mass is 32.2. The highest BCUT2D eigenvalue weighted by molar-refractivity contribution is 7.99. The minimum absolute atomic E-state index is 0.0519. The van der Waals surface area contributed by atoms with E-state index in [1.54, 1.807) is 34.9 Å². The van der Waals surface area contributed by atoms with Crippen molar-refractivity contribution < 1.29 is 14.0 Å². The number of carbonyl (C=O) groups excluding carboxylic acids is 2. The summed E-state index contributed by atoms with van der Waals surface area (Å²) < 4.78 is 14.7. The van der Waals surface area contributed by atoms with Crippen LogP contribution in [0.5, 0.6) is 0 Å². The second-order valence-corrected chi connectivity index (χ2v) is 11.2. The summed E-state index contributed by atoms with van der Waals surface area (Å²) in [6, 6.07) is 23.9. The van der Waals surface area contributed by atoms with Crippen molar-refractivity contribution in [2.45, 2.75) is 75.4 Å². The van der Waals surface area contributed by atoms with Crippen LogP contribution in [0.25, 0.3) is 0 Å². The Balaban J connectivity index is 1.56. The topological polar surface area (TPSA) is 49.4 Å². The van der Waals surface area contributed by atoms with Crippen LogP contribution in [0.4, 0.5) is 4.39 Å². The first-order chi connectivity index (χ1) is 18.5. The SMILES string of the molecule is Cc1ccc(SCCC(=O)N(Cc2ccccc2F)[C@H](Cc2ccccc2)C(=O)NC2CCCCC2)cc1. The Bertz CT molecular complexity index is 1180. The van der Waals surface area contributed by atoms with Crippen molar-refractivity contribution in [3.05, 3.63) is 101 Å². The summed E-state index contributed by atoms with van der Waals surface area (Å²) in [6.07, 6.45) is 5.94. The number of aryl methyl sites for hydroxylation is 1. The molecule has 3 aromatic carbocycles. The molecule has 1 atom stereocenters. The predicted octanol–water partition coefficient (Wildman–Crippen LogP) is 6.71. The highest BCUT2D eigenvalue weighted by Crippen LogP contribution is 2.23. The number of amides is 2. The van der Waals surface area contributed by atoms with Gasteiger partial charge in [0.2, 0.25) is 11.8 Å². The van der Waals surface area contributed by atoms with Crippen LogP contribution in [0.1, 0.15) is 55.2 Å². The second kappa shape index (κ2) is 14.1. The number of benzene rings is 3. The summed E-state index contributed by atoms with van der Waals surface area (Å²) in [5.74, 6) is -0.0903. The number of rotatable bonds is 11.